The molecule has 0 aliphatic carbocycles. The van der Waals surface area contributed by atoms with Crippen LogP contribution in [0.5, 0.6) is 5.75 Å². The zero-order chi connectivity index (χ0) is 17.2. The first-order valence-electron chi connectivity index (χ1n) is 8.52. The lowest BCUT2D eigenvalue weighted by Gasteiger charge is -2.09. The molecule has 1 heterocycles. The number of hydrogen-bond donors (Lipinski definition) is 3. The number of nitrogens with two attached hydrogens (primary N) is 1. The van der Waals surface area contributed by atoms with E-state index >= 15 is 0 Å². The number of aromatic nitrogens is 3. The van der Waals surface area contributed by atoms with E-state index in [1.165, 1.54) is 18.4 Å². The lowest BCUT2D eigenvalue weighted by atomic mass is 10.2. The van der Waals surface area contributed by atoms with E-state index in [0.29, 0.717) is 12.6 Å². The molecule has 0 saturated heterocycles. The maximum atomic E-state index is 5.81. The van der Waals surface area contributed by atoms with Crippen molar-refractivity contribution < 1.29 is 4.74 Å². The van der Waals surface area contributed by atoms with Gasteiger partial charge in [0.25, 0.3) is 0 Å². The summed E-state index contributed by atoms with van der Waals surface area (Å²) in [5.74, 6) is 1.86. The van der Waals surface area contributed by atoms with Crippen LogP contribution in [0.25, 0.3) is 0 Å². The molecule has 4 N–H and O–H groups in total. The van der Waals surface area contributed by atoms with Gasteiger partial charge in [-0.15, -0.1) is 5.10 Å². The number of anilines is 2. The summed E-state index contributed by atoms with van der Waals surface area (Å²) in [5.41, 5.74) is 6.79. The zero-order valence-corrected chi connectivity index (χ0v) is 14.6. The van der Waals surface area contributed by atoms with Gasteiger partial charge in [-0.05, 0) is 37.1 Å². The van der Waals surface area contributed by atoms with Gasteiger partial charge in [-0.25, -0.2) is 4.68 Å². The lowest BCUT2D eigenvalue weighted by molar-refractivity contribution is 0.314. The Morgan fingerprint density at radius 3 is 2.88 bits per heavy atom. The predicted octanol–water partition coefficient (Wildman–Crippen LogP) is 2.17. The van der Waals surface area contributed by atoms with Gasteiger partial charge in [0.1, 0.15) is 5.75 Å². The molecule has 0 atom stereocenters. The van der Waals surface area contributed by atoms with Crippen molar-refractivity contribution in [2.24, 2.45) is 7.05 Å². The second-order valence-electron chi connectivity index (χ2n) is 5.72. The average molecular weight is 332 g/mol. The van der Waals surface area contributed by atoms with Gasteiger partial charge in [0.2, 0.25) is 11.9 Å². The summed E-state index contributed by atoms with van der Waals surface area (Å²) in [4.78, 5) is 4.09. The molecule has 1 aromatic carbocycles. The van der Waals surface area contributed by atoms with Crippen LogP contribution < -0.4 is 21.1 Å². The minimum atomic E-state index is 0.278. The van der Waals surface area contributed by atoms with Gasteiger partial charge in [-0.1, -0.05) is 25.5 Å². The van der Waals surface area contributed by atoms with Crippen molar-refractivity contribution >= 4 is 11.9 Å². The van der Waals surface area contributed by atoms with Crippen molar-refractivity contribution in [2.75, 3.05) is 30.7 Å². The van der Waals surface area contributed by atoms with E-state index < -0.39 is 0 Å². The summed E-state index contributed by atoms with van der Waals surface area (Å²) in [6, 6.07) is 8.24. The standard InChI is InChI=1S/C17H28N6O/c1-3-4-9-19-13-14-7-5-8-15(12-14)24-11-6-10-20-17-21-16(18)22-23(17)2/h5,7-8,12,19H,3-4,6,9-11,13H2,1-2H3,(H3,18,20,21,22). The average Bonchev–Trinajstić information content (AvgIpc) is 2.89. The molecule has 1 aromatic heterocycles. The Morgan fingerprint density at radius 2 is 2.12 bits per heavy atom. The van der Waals surface area contributed by atoms with Crippen molar-refractivity contribution in [3.63, 3.8) is 0 Å². The molecule has 7 heteroatoms. The Kier molecular flexibility index (Phi) is 7.35. The number of hydrogen-bond acceptors (Lipinski definition) is 6. The third-order valence-electron chi connectivity index (χ3n) is 3.59. The lowest BCUT2D eigenvalue weighted by Crippen LogP contribution is -2.14. The molecule has 2 aromatic rings. The van der Waals surface area contributed by atoms with Crippen LogP contribution in [0.1, 0.15) is 31.7 Å². The van der Waals surface area contributed by atoms with E-state index in [4.69, 9.17) is 10.5 Å². The monoisotopic (exact) mass is 332 g/mol. The van der Waals surface area contributed by atoms with Crippen LogP contribution in [-0.2, 0) is 13.6 Å². The molecule has 0 bridgehead atoms. The molecule has 0 aliphatic rings. The van der Waals surface area contributed by atoms with Gasteiger partial charge < -0.3 is 21.1 Å². The Bertz CT molecular complexity index is 613. The molecule has 0 unspecified atom stereocenters. The van der Waals surface area contributed by atoms with Gasteiger partial charge in [-0.3, -0.25) is 0 Å². The van der Waals surface area contributed by atoms with E-state index in [9.17, 15) is 0 Å². The molecule has 0 spiro atoms. The highest BCUT2D eigenvalue weighted by molar-refractivity contribution is 5.31. The summed E-state index contributed by atoms with van der Waals surface area (Å²) < 4.78 is 7.44. The van der Waals surface area contributed by atoms with Crippen LogP contribution in [0.3, 0.4) is 0 Å². The molecule has 0 amide bonds. The largest absolute Gasteiger partial charge is 0.494 e. The van der Waals surface area contributed by atoms with Crippen LogP contribution in [0.15, 0.2) is 24.3 Å². The number of aryl methyl sites for hydroxylation is 1. The predicted molar refractivity (Wildman–Crippen MR) is 97.1 cm³/mol. The Labute approximate surface area is 143 Å². The number of rotatable bonds is 11. The Hall–Kier alpha value is -2.28. The minimum absolute atomic E-state index is 0.278. The summed E-state index contributed by atoms with van der Waals surface area (Å²) in [6.45, 7) is 5.54. The second kappa shape index (κ2) is 9.77. The van der Waals surface area contributed by atoms with Crippen LogP contribution in [-0.4, -0.2) is 34.5 Å². The van der Waals surface area contributed by atoms with E-state index in [0.717, 1.165) is 31.8 Å². The fourth-order valence-electron chi connectivity index (χ4n) is 2.30. The van der Waals surface area contributed by atoms with E-state index in [1.54, 1.807) is 4.68 Å². The highest BCUT2D eigenvalue weighted by Crippen LogP contribution is 2.13. The highest BCUT2D eigenvalue weighted by atomic mass is 16.5. The third-order valence-corrected chi connectivity index (χ3v) is 3.59. The van der Waals surface area contributed by atoms with Crippen LogP contribution >= 0.6 is 0 Å². The Balaban J connectivity index is 1.65. The highest BCUT2D eigenvalue weighted by Gasteiger charge is 2.03. The molecule has 0 fully saturated rings. The van der Waals surface area contributed by atoms with E-state index in [2.05, 4.69) is 39.8 Å². The quantitative estimate of drug-likeness (QED) is 0.546. The second-order valence-corrected chi connectivity index (χ2v) is 5.72. The normalized spacial score (nSPS) is 10.8. The summed E-state index contributed by atoms with van der Waals surface area (Å²) >= 11 is 0. The van der Waals surface area contributed by atoms with Crippen molar-refractivity contribution in [1.29, 1.82) is 0 Å². The SMILES string of the molecule is CCCCNCc1cccc(OCCCNc2nc(N)nn2C)c1. The molecule has 24 heavy (non-hydrogen) atoms. The van der Waals surface area contributed by atoms with Gasteiger partial charge in [-0.2, -0.15) is 4.98 Å². The summed E-state index contributed by atoms with van der Waals surface area (Å²) in [5, 5.41) is 10.6. The fraction of sp³-hybridized carbons (Fsp3) is 0.529. The molecule has 0 aliphatic heterocycles. The molecule has 2 rings (SSSR count). The molecule has 0 saturated carbocycles. The van der Waals surface area contributed by atoms with Gasteiger partial charge in [0, 0.05) is 20.1 Å². The first-order valence-corrected chi connectivity index (χ1v) is 8.52. The Morgan fingerprint density at radius 1 is 1.25 bits per heavy atom. The number of unbranched alkanes of at least 4 members (excludes halogenated alkanes) is 1. The number of benzene rings is 1. The molecule has 0 radical (unpaired) electrons. The first kappa shape index (κ1) is 18.1. The zero-order valence-electron chi connectivity index (χ0n) is 14.6. The number of ether oxygens (including phenoxy) is 1. The number of nitrogens with one attached hydrogen (secondary N) is 2. The minimum Gasteiger partial charge on any atom is -0.494 e. The third kappa shape index (κ3) is 6.08. The van der Waals surface area contributed by atoms with E-state index in [1.807, 2.05) is 19.2 Å². The summed E-state index contributed by atoms with van der Waals surface area (Å²) in [6.07, 6.45) is 3.29. The molecule has 132 valence electrons. The number of nitrogen functional groups attached to an aromatic ring is 1. The van der Waals surface area contributed by atoms with Crippen LogP contribution in [0.2, 0.25) is 0 Å². The van der Waals surface area contributed by atoms with Crippen LogP contribution in [0, 0.1) is 0 Å². The van der Waals surface area contributed by atoms with E-state index in [-0.39, 0.29) is 5.95 Å². The van der Waals surface area contributed by atoms with Crippen molar-refractivity contribution in [3.8, 4) is 5.75 Å². The van der Waals surface area contributed by atoms with Gasteiger partial charge in [0.05, 0.1) is 6.61 Å². The molecular weight excluding hydrogens is 304 g/mol. The van der Waals surface area contributed by atoms with Crippen molar-refractivity contribution in [2.45, 2.75) is 32.7 Å². The maximum absolute atomic E-state index is 5.81. The maximum Gasteiger partial charge on any atom is 0.241 e. The molecule has 7 nitrogen and oxygen atoms in total. The van der Waals surface area contributed by atoms with Crippen LogP contribution in [0.4, 0.5) is 11.9 Å². The topological polar surface area (TPSA) is 90.0 Å². The van der Waals surface area contributed by atoms with Crippen molar-refractivity contribution in [1.82, 2.24) is 20.1 Å². The first-order chi connectivity index (χ1) is 11.7. The smallest absolute Gasteiger partial charge is 0.241 e. The van der Waals surface area contributed by atoms with Gasteiger partial charge >= 0.3 is 0 Å². The van der Waals surface area contributed by atoms with Crippen molar-refractivity contribution in [3.05, 3.63) is 29.8 Å². The molecular formula is C17H28N6O. The fourth-order valence-corrected chi connectivity index (χ4v) is 2.30. The summed E-state index contributed by atoms with van der Waals surface area (Å²) in [7, 11) is 1.81. The van der Waals surface area contributed by atoms with Gasteiger partial charge in [0.15, 0.2) is 0 Å². The number of nitrogens with zero attached hydrogens (tertiary/aromatic N) is 3.